The zero-order valence-corrected chi connectivity index (χ0v) is 15.2. The van der Waals surface area contributed by atoms with Gasteiger partial charge in [0.25, 0.3) is 0 Å². The number of amides is 1. The molecule has 0 aliphatic rings. The SMILES string of the molecule is C=CC(=O)Nc1cccc(CNc2cc(Nc3cnn(CCO)c3)ncn2)c1. The lowest BCUT2D eigenvalue weighted by molar-refractivity contribution is -0.111. The van der Waals surface area contributed by atoms with E-state index in [-0.39, 0.29) is 12.5 Å². The van der Waals surface area contributed by atoms with Crippen molar-refractivity contribution >= 4 is 28.9 Å². The van der Waals surface area contributed by atoms with Crippen LogP contribution in [0.15, 0.2) is 61.7 Å². The van der Waals surface area contributed by atoms with Crippen LogP contribution in [0.1, 0.15) is 5.56 Å². The highest BCUT2D eigenvalue weighted by Gasteiger charge is 2.03. The van der Waals surface area contributed by atoms with Crippen molar-refractivity contribution in [3.05, 3.63) is 67.3 Å². The molecular formula is C19H21N7O2. The first-order valence-corrected chi connectivity index (χ1v) is 8.65. The zero-order chi connectivity index (χ0) is 19.8. The standard InChI is InChI=1S/C19H21N7O2/c1-2-19(28)25-15-5-3-4-14(8-15)10-20-17-9-18(22-13-21-17)24-16-11-23-26(12-16)6-7-27/h2-5,8-9,11-13,27H,1,6-7,10H2,(H,25,28)(H2,20,21,22,24). The maximum absolute atomic E-state index is 11.4. The summed E-state index contributed by atoms with van der Waals surface area (Å²) < 4.78 is 1.64. The number of nitrogens with one attached hydrogen (secondary N) is 3. The molecule has 28 heavy (non-hydrogen) atoms. The summed E-state index contributed by atoms with van der Waals surface area (Å²) in [6.45, 7) is 4.44. The topological polar surface area (TPSA) is 117 Å². The summed E-state index contributed by atoms with van der Waals surface area (Å²) in [6, 6.07) is 9.30. The Morgan fingerprint density at radius 3 is 2.89 bits per heavy atom. The molecule has 0 fully saturated rings. The van der Waals surface area contributed by atoms with Crippen LogP contribution in [0.5, 0.6) is 0 Å². The largest absolute Gasteiger partial charge is 0.394 e. The van der Waals surface area contributed by atoms with Crippen molar-refractivity contribution in [2.75, 3.05) is 22.6 Å². The van der Waals surface area contributed by atoms with Crippen LogP contribution in [0.4, 0.5) is 23.0 Å². The van der Waals surface area contributed by atoms with Crippen LogP contribution >= 0.6 is 0 Å². The molecule has 1 amide bonds. The summed E-state index contributed by atoms with van der Waals surface area (Å²) in [4.78, 5) is 19.8. The molecule has 0 aliphatic heterocycles. The van der Waals surface area contributed by atoms with Gasteiger partial charge in [0.15, 0.2) is 0 Å². The summed E-state index contributed by atoms with van der Waals surface area (Å²) in [6.07, 6.45) is 6.14. The highest BCUT2D eigenvalue weighted by atomic mass is 16.3. The van der Waals surface area contributed by atoms with Gasteiger partial charge in [0.05, 0.1) is 25.0 Å². The number of hydrogen-bond donors (Lipinski definition) is 4. The van der Waals surface area contributed by atoms with Crippen LogP contribution in [0.3, 0.4) is 0 Å². The molecule has 1 aromatic carbocycles. The number of benzene rings is 1. The summed E-state index contributed by atoms with van der Waals surface area (Å²) in [7, 11) is 0. The van der Waals surface area contributed by atoms with Gasteiger partial charge in [0.2, 0.25) is 5.91 Å². The first-order valence-electron chi connectivity index (χ1n) is 8.65. The predicted octanol–water partition coefficient (Wildman–Crippen LogP) is 2.15. The van der Waals surface area contributed by atoms with E-state index in [1.54, 1.807) is 23.1 Å². The van der Waals surface area contributed by atoms with E-state index in [2.05, 4.69) is 37.6 Å². The fourth-order valence-electron chi connectivity index (χ4n) is 2.47. The lowest BCUT2D eigenvalue weighted by Crippen LogP contribution is -2.08. The van der Waals surface area contributed by atoms with E-state index < -0.39 is 0 Å². The molecule has 0 aliphatic carbocycles. The number of aliphatic hydroxyl groups is 1. The molecule has 0 spiro atoms. The van der Waals surface area contributed by atoms with Gasteiger partial charge in [-0.05, 0) is 23.8 Å². The second-order valence-corrected chi connectivity index (χ2v) is 5.88. The molecule has 0 bridgehead atoms. The van der Waals surface area contributed by atoms with E-state index in [4.69, 9.17) is 5.11 Å². The molecule has 144 valence electrons. The van der Waals surface area contributed by atoms with Gasteiger partial charge in [-0.3, -0.25) is 9.48 Å². The van der Waals surface area contributed by atoms with E-state index in [0.717, 1.165) is 11.3 Å². The number of nitrogens with zero attached hydrogens (tertiary/aromatic N) is 4. The van der Waals surface area contributed by atoms with Crippen molar-refractivity contribution in [3.63, 3.8) is 0 Å². The maximum Gasteiger partial charge on any atom is 0.247 e. The van der Waals surface area contributed by atoms with E-state index in [1.165, 1.54) is 12.4 Å². The van der Waals surface area contributed by atoms with Gasteiger partial charge in [-0.2, -0.15) is 5.10 Å². The van der Waals surface area contributed by atoms with Crippen molar-refractivity contribution in [2.24, 2.45) is 0 Å². The van der Waals surface area contributed by atoms with Crippen LogP contribution in [0.2, 0.25) is 0 Å². The fraction of sp³-hybridized carbons (Fsp3) is 0.158. The van der Waals surface area contributed by atoms with E-state index in [0.29, 0.717) is 30.4 Å². The molecule has 0 unspecified atom stereocenters. The zero-order valence-electron chi connectivity index (χ0n) is 15.2. The molecule has 3 rings (SSSR count). The van der Waals surface area contributed by atoms with Crippen molar-refractivity contribution < 1.29 is 9.90 Å². The monoisotopic (exact) mass is 379 g/mol. The van der Waals surface area contributed by atoms with Gasteiger partial charge < -0.3 is 21.1 Å². The van der Waals surface area contributed by atoms with E-state index in [1.807, 2.05) is 24.3 Å². The lowest BCUT2D eigenvalue weighted by Gasteiger charge is -2.09. The average Bonchev–Trinajstić information content (AvgIpc) is 3.14. The van der Waals surface area contributed by atoms with Crippen LogP contribution in [0, 0.1) is 0 Å². The highest BCUT2D eigenvalue weighted by molar-refractivity contribution is 5.98. The fourth-order valence-corrected chi connectivity index (χ4v) is 2.47. The van der Waals surface area contributed by atoms with Crippen molar-refractivity contribution in [1.82, 2.24) is 19.7 Å². The molecule has 9 heteroatoms. The summed E-state index contributed by atoms with van der Waals surface area (Å²) in [5.41, 5.74) is 2.46. The number of carbonyl (C=O) groups excluding carboxylic acids is 1. The first kappa shape index (κ1) is 19.1. The molecule has 2 aromatic heterocycles. The van der Waals surface area contributed by atoms with E-state index in [9.17, 15) is 4.79 Å². The van der Waals surface area contributed by atoms with Gasteiger partial charge in [0, 0.05) is 24.5 Å². The molecule has 0 saturated carbocycles. The summed E-state index contributed by atoms with van der Waals surface area (Å²) >= 11 is 0. The molecule has 2 heterocycles. The first-order chi connectivity index (χ1) is 13.7. The van der Waals surface area contributed by atoms with Crippen molar-refractivity contribution in [1.29, 1.82) is 0 Å². The number of aromatic nitrogens is 4. The van der Waals surface area contributed by atoms with E-state index >= 15 is 0 Å². The summed E-state index contributed by atoms with van der Waals surface area (Å²) in [5, 5.41) is 22.2. The van der Waals surface area contributed by atoms with Crippen LogP contribution < -0.4 is 16.0 Å². The summed E-state index contributed by atoms with van der Waals surface area (Å²) in [5.74, 6) is 1.02. The third kappa shape index (κ3) is 5.39. The minimum absolute atomic E-state index is 0.0289. The number of carbonyl (C=O) groups is 1. The Hall–Kier alpha value is -3.72. The highest BCUT2D eigenvalue weighted by Crippen LogP contribution is 2.17. The number of aliphatic hydroxyl groups excluding tert-OH is 1. The van der Waals surface area contributed by atoms with Crippen LogP contribution in [-0.4, -0.2) is 37.4 Å². The predicted molar refractivity (Wildman–Crippen MR) is 107 cm³/mol. The van der Waals surface area contributed by atoms with Gasteiger partial charge in [-0.1, -0.05) is 18.7 Å². The minimum atomic E-state index is -0.251. The number of anilines is 4. The quantitative estimate of drug-likeness (QED) is 0.421. The van der Waals surface area contributed by atoms with Crippen molar-refractivity contribution in [2.45, 2.75) is 13.1 Å². The minimum Gasteiger partial charge on any atom is -0.394 e. The lowest BCUT2D eigenvalue weighted by atomic mass is 10.2. The Bertz CT molecular complexity index is 955. The maximum atomic E-state index is 11.4. The second-order valence-electron chi connectivity index (χ2n) is 5.88. The van der Waals surface area contributed by atoms with Crippen LogP contribution in [0.25, 0.3) is 0 Å². The van der Waals surface area contributed by atoms with Crippen LogP contribution in [-0.2, 0) is 17.9 Å². The second kappa shape index (κ2) is 9.28. The Kier molecular flexibility index (Phi) is 6.32. The van der Waals surface area contributed by atoms with Gasteiger partial charge in [-0.15, -0.1) is 0 Å². The van der Waals surface area contributed by atoms with Crippen molar-refractivity contribution in [3.8, 4) is 0 Å². The number of rotatable bonds is 9. The Morgan fingerprint density at radius 2 is 2.07 bits per heavy atom. The molecule has 4 N–H and O–H groups in total. The Morgan fingerprint density at radius 1 is 1.21 bits per heavy atom. The molecule has 0 radical (unpaired) electrons. The molecule has 0 atom stereocenters. The normalized spacial score (nSPS) is 10.3. The van der Waals surface area contributed by atoms with Gasteiger partial charge >= 0.3 is 0 Å². The Labute approximate surface area is 162 Å². The third-order valence-electron chi connectivity index (χ3n) is 3.76. The third-order valence-corrected chi connectivity index (χ3v) is 3.76. The van der Waals surface area contributed by atoms with Gasteiger partial charge in [0.1, 0.15) is 18.0 Å². The molecule has 0 saturated heterocycles. The van der Waals surface area contributed by atoms with Gasteiger partial charge in [-0.25, -0.2) is 9.97 Å². The smallest absolute Gasteiger partial charge is 0.247 e. The molecular weight excluding hydrogens is 358 g/mol. The molecule has 3 aromatic rings. The molecule has 9 nitrogen and oxygen atoms in total. The Balaban J connectivity index is 1.60. The average molecular weight is 379 g/mol. The number of hydrogen-bond acceptors (Lipinski definition) is 7.